The van der Waals surface area contributed by atoms with Gasteiger partial charge in [0.2, 0.25) is 10.0 Å². The van der Waals surface area contributed by atoms with E-state index in [0.29, 0.717) is 6.42 Å². The number of nitrogens with one attached hydrogen (secondary N) is 2. The second-order valence-electron chi connectivity index (χ2n) is 6.82. The third kappa shape index (κ3) is 6.76. The van der Waals surface area contributed by atoms with Crippen molar-refractivity contribution in [3.8, 4) is 0 Å². The zero-order chi connectivity index (χ0) is 20.0. The van der Waals surface area contributed by atoms with Gasteiger partial charge in [-0.05, 0) is 57.9 Å². The molecule has 0 spiro atoms. The molecule has 0 saturated carbocycles. The van der Waals surface area contributed by atoms with Crippen LogP contribution in [0.15, 0.2) is 29.2 Å². The molecular weight excluding hydrogens is 356 g/mol. The van der Waals surface area contributed by atoms with E-state index in [1.54, 1.807) is 6.92 Å². The molecule has 1 aromatic carbocycles. The summed E-state index contributed by atoms with van der Waals surface area (Å²) in [6.45, 7) is 8.95. The maximum absolute atomic E-state index is 12.2. The maximum Gasteiger partial charge on any atom is 0.338 e. The summed E-state index contributed by atoms with van der Waals surface area (Å²) in [6.07, 6.45) is 1.41. The number of benzene rings is 1. The lowest BCUT2D eigenvalue weighted by atomic mass is 10.0. The van der Waals surface area contributed by atoms with Crippen LogP contribution in [0.3, 0.4) is 0 Å². The first-order valence-electron chi connectivity index (χ1n) is 8.61. The Morgan fingerprint density at radius 1 is 1.15 bits per heavy atom. The Labute approximate surface area is 155 Å². The molecule has 0 heterocycles. The van der Waals surface area contributed by atoms with Gasteiger partial charge in [0.15, 0.2) is 6.61 Å². The van der Waals surface area contributed by atoms with Crippen molar-refractivity contribution in [1.29, 1.82) is 0 Å². The van der Waals surface area contributed by atoms with Crippen LogP contribution in [-0.2, 0) is 19.6 Å². The molecule has 0 bridgehead atoms. The largest absolute Gasteiger partial charge is 0.452 e. The van der Waals surface area contributed by atoms with Crippen molar-refractivity contribution < 1.29 is 22.7 Å². The highest BCUT2D eigenvalue weighted by atomic mass is 32.2. The Kier molecular flexibility index (Phi) is 7.77. The first-order chi connectivity index (χ1) is 12.0. The van der Waals surface area contributed by atoms with Crippen LogP contribution in [0.25, 0.3) is 0 Å². The van der Waals surface area contributed by atoms with Crippen molar-refractivity contribution in [2.24, 2.45) is 0 Å². The van der Waals surface area contributed by atoms with Crippen LogP contribution >= 0.6 is 0 Å². The van der Waals surface area contributed by atoms with Gasteiger partial charge in [0.25, 0.3) is 5.91 Å². The Bertz CT molecular complexity index is 726. The highest BCUT2D eigenvalue weighted by Crippen LogP contribution is 2.13. The number of hydrogen-bond donors (Lipinski definition) is 2. The van der Waals surface area contributed by atoms with Crippen LogP contribution in [0.4, 0.5) is 0 Å². The van der Waals surface area contributed by atoms with Gasteiger partial charge in [-0.2, -0.15) is 0 Å². The SMILES string of the molecule is CC[C@@H](C)NS(=O)(=O)c1ccc(C(=O)OCC(=O)NC(C)(C)CC)cc1. The highest BCUT2D eigenvalue weighted by Gasteiger charge is 2.20. The zero-order valence-corrected chi connectivity index (χ0v) is 16.8. The van der Waals surface area contributed by atoms with Crippen molar-refractivity contribution in [2.45, 2.75) is 63.9 Å². The van der Waals surface area contributed by atoms with Gasteiger partial charge in [0, 0.05) is 11.6 Å². The molecule has 1 aromatic rings. The Morgan fingerprint density at radius 2 is 1.73 bits per heavy atom. The van der Waals surface area contributed by atoms with E-state index in [1.165, 1.54) is 24.3 Å². The number of hydrogen-bond acceptors (Lipinski definition) is 5. The normalized spacial score (nSPS) is 13.1. The van der Waals surface area contributed by atoms with E-state index >= 15 is 0 Å². The van der Waals surface area contributed by atoms with E-state index < -0.39 is 22.6 Å². The molecule has 146 valence electrons. The molecule has 0 aliphatic heterocycles. The molecule has 1 rings (SSSR count). The molecule has 0 radical (unpaired) electrons. The van der Waals surface area contributed by atoms with Gasteiger partial charge in [0.1, 0.15) is 0 Å². The molecule has 26 heavy (non-hydrogen) atoms. The summed E-state index contributed by atoms with van der Waals surface area (Å²) in [7, 11) is -3.63. The molecule has 7 nitrogen and oxygen atoms in total. The van der Waals surface area contributed by atoms with E-state index in [1.807, 2.05) is 27.7 Å². The second kappa shape index (κ2) is 9.14. The molecule has 0 aromatic heterocycles. The summed E-state index contributed by atoms with van der Waals surface area (Å²) in [5.74, 6) is -1.07. The summed E-state index contributed by atoms with van der Waals surface area (Å²) < 4.78 is 31.9. The fourth-order valence-corrected chi connectivity index (χ4v) is 3.23. The highest BCUT2D eigenvalue weighted by molar-refractivity contribution is 7.89. The zero-order valence-electron chi connectivity index (χ0n) is 16.0. The third-order valence-corrected chi connectivity index (χ3v) is 5.67. The first kappa shape index (κ1) is 22.1. The molecule has 0 aliphatic rings. The van der Waals surface area contributed by atoms with Crippen molar-refractivity contribution >= 4 is 21.9 Å². The molecule has 0 saturated heterocycles. The van der Waals surface area contributed by atoms with Crippen LogP contribution in [0.1, 0.15) is 57.8 Å². The van der Waals surface area contributed by atoms with Crippen molar-refractivity contribution in [3.05, 3.63) is 29.8 Å². The topological polar surface area (TPSA) is 102 Å². The number of rotatable bonds is 9. The molecule has 1 amide bonds. The van der Waals surface area contributed by atoms with Gasteiger partial charge >= 0.3 is 5.97 Å². The quantitative estimate of drug-likeness (QED) is 0.636. The number of carbonyl (C=O) groups excluding carboxylic acids is 2. The maximum atomic E-state index is 12.2. The van der Waals surface area contributed by atoms with Crippen LogP contribution in [0.2, 0.25) is 0 Å². The minimum absolute atomic E-state index is 0.0665. The summed E-state index contributed by atoms with van der Waals surface area (Å²) in [5.41, 5.74) is -0.197. The summed E-state index contributed by atoms with van der Waals surface area (Å²) in [6, 6.07) is 5.21. The van der Waals surface area contributed by atoms with Gasteiger partial charge in [0.05, 0.1) is 10.5 Å². The van der Waals surface area contributed by atoms with E-state index in [2.05, 4.69) is 10.0 Å². The average Bonchev–Trinajstić information content (AvgIpc) is 2.59. The number of esters is 1. The number of ether oxygens (including phenoxy) is 1. The summed E-state index contributed by atoms with van der Waals surface area (Å²) in [4.78, 5) is 23.9. The predicted octanol–water partition coefficient (Wildman–Crippen LogP) is 2.22. The number of carbonyl (C=O) groups is 2. The van der Waals surface area contributed by atoms with Crippen molar-refractivity contribution in [1.82, 2.24) is 10.0 Å². The van der Waals surface area contributed by atoms with Crippen LogP contribution in [0.5, 0.6) is 0 Å². The molecule has 0 aliphatic carbocycles. The lowest BCUT2D eigenvalue weighted by Gasteiger charge is -2.24. The third-order valence-electron chi connectivity index (χ3n) is 4.07. The number of amides is 1. The predicted molar refractivity (Wildman–Crippen MR) is 99.3 cm³/mol. The van der Waals surface area contributed by atoms with E-state index in [4.69, 9.17) is 4.74 Å². The van der Waals surface area contributed by atoms with Gasteiger partial charge < -0.3 is 10.1 Å². The Hall–Kier alpha value is -1.93. The Morgan fingerprint density at radius 3 is 2.23 bits per heavy atom. The van der Waals surface area contributed by atoms with Crippen molar-refractivity contribution in [3.63, 3.8) is 0 Å². The lowest BCUT2D eigenvalue weighted by Crippen LogP contribution is -2.44. The molecular formula is C18H28N2O5S. The molecule has 8 heteroatoms. The van der Waals surface area contributed by atoms with Crippen LogP contribution in [-0.4, -0.2) is 38.5 Å². The average molecular weight is 384 g/mol. The minimum Gasteiger partial charge on any atom is -0.452 e. The second-order valence-corrected chi connectivity index (χ2v) is 8.53. The van der Waals surface area contributed by atoms with Gasteiger partial charge in [-0.1, -0.05) is 13.8 Å². The molecule has 0 fully saturated rings. The number of sulfonamides is 1. The van der Waals surface area contributed by atoms with Crippen LogP contribution in [0, 0.1) is 0 Å². The fourth-order valence-electron chi connectivity index (χ4n) is 1.90. The monoisotopic (exact) mass is 384 g/mol. The van der Waals surface area contributed by atoms with Gasteiger partial charge in [-0.3, -0.25) is 4.79 Å². The molecule has 2 N–H and O–H groups in total. The van der Waals surface area contributed by atoms with E-state index in [0.717, 1.165) is 6.42 Å². The van der Waals surface area contributed by atoms with E-state index in [-0.39, 0.29) is 27.9 Å². The first-order valence-corrected chi connectivity index (χ1v) is 10.1. The molecule has 1 atom stereocenters. The van der Waals surface area contributed by atoms with Crippen molar-refractivity contribution in [2.75, 3.05) is 6.61 Å². The summed E-state index contributed by atoms with van der Waals surface area (Å²) in [5, 5.41) is 2.76. The minimum atomic E-state index is -3.63. The fraction of sp³-hybridized carbons (Fsp3) is 0.556. The van der Waals surface area contributed by atoms with Gasteiger partial charge in [-0.15, -0.1) is 0 Å². The summed E-state index contributed by atoms with van der Waals surface area (Å²) >= 11 is 0. The van der Waals surface area contributed by atoms with Gasteiger partial charge in [-0.25, -0.2) is 17.9 Å². The smallest absolute Gasteiger partial charge is 0.338 e. The standard InChI is InChI=1S/C18H28N2O5S/c1-6-13(3)20-26(23,24)15-10-8-14(9-11-15)17(22)25-12-16(21)19-18(4,5)7-2/h8-11,13,20H,6-7,12H2,1-5H3,(H,19,21)/t13-/m1/s1. The molecule has 0 unspecified atom stereocenters. The van der Waals surface area contributed by atoms with E-state index in [9.17, 15) is 18.0 Å². The van der Waals surface area contributed by atoms with Crippen LogP contribution < -0.4 is 10.0 Å². The Balaban J connectivity index is 2.68. The lowest BCUT2D eigenvalue weighted by molar-refractivity contribution is -0.125.